The molecule has 0 N–H and O–H groups in total. The van der Waals surface area contributed by atoms with E-state index >= 15 is 0 Å². The number of carbonyl (C=O) groups is 1. The fourth-order valence-electron chi connectivity index (χ4n) is 1.58. The molecule has 2 aromatic carbocycles. The Bertz CT molecular complexity index is 600. The first kappa shape index (κ1) is 12.9. The first-order valence-electron chi connectivity index (χ1n) is 5.99. The molecule has 0 aliphatic rings. The van der Waals surface area contributed by atoms with Gasteiger partial charge in [0, 0.05) is 18.0 Å². The Labute approximate surface area is 112 Å². The van der Waals surface area contributed by atoms with Crippen molar-refractivity contribution in [3.8, 4) is 0 Å². The monoisotopic (exact) mass is 250 g/mol. The van der Waals surface area contributed by atoms with E-state index in [0.29, 0.717) is 0 Å². The molecule has 3 aromatic rings. The van der Waals surface area contributed by atoms with Crippen LogP contribution in [0.3, 0.4) is 0 Å². The SMILES string of the molecule is CC(=O)c1ccccc1.c1ccc2nccnc2c1. The van der Waals surface area contributed by atoms with Gasteiger partial charge in [-0.05, 0) is 19.1 Å². The summed E-state index contributed by atoms with van der Waals surface area (Å²) in [7, 11) is 0. The number of carbonyl (C=O) groups excluding carboxylic acids is 1. The lowest BCUT2D eigenvalue weighted by molar-refractivity contribution is 0.101. The number of aromatic nitrogens is 2. The summed E-state index contributed by atoms with van der Waals surface area (Å²) in [6, 6.07) is 17.0. The average Bonchev–Trinajstić information content (AvgIpc) is 2.49. The fraction of sp³-hybridized carbons (Fsp3) is 0.0625. The van der Waals surface area contributed by atoms with E-state index in [0.717, 1.165) is 16.6 Å². The summed E-state index contributed by atoms with van der Waals surface area (Å²) in [5.41, 5.74) is 2.67. The van der Waals surface area contributed by atoms with Crippen molar-refractivity contribution < 1.29 is 4.79 Å². The highest BCUT2D eigenvalue weighted by Gasteiger charge is 1.92. The molecule has 94 valence electrons. The van der Waals surface area contributed by atoms with Gasteiger partial charge in [-0.1, -0.05) is 42.5 Å². The molecule has 3 heteroatoms. The van der Waals surface area contributed by atoms with Crippen molar-refractivity contribution in [1.29, 1.82) is 0 Å². The first-order valence-corrected chi connectivity index (χ1v) is 5.99. The largest absolute Gasteiger partial charge is 0.295 e. The normalized spacial score (nSPS) is 9.53. The summed E-state index contributed by atoms with van der Waals surface area (Å²) in [4.78, 5) is 18.9. The van der Waals surface area contributed by atoms with E-state index in [9.17, 15) is 4.79 Å². The molecular weight excluding hydrogens is 236 g/mol. The van der Waals surface area contributed by atoms with E-state index in [1.807, 2.05) is 54.6 Å². The van der Waals surface area contributed by atoms with E-state index in [1.54, 1.807) is 19.3 Å². The van der Waals surface area contributed by atoms with Crippen LogP contribution < -0.4 is 0 Å². The smallest absolute Gasteiger partial charge is 0.159 e. The number of para-hydroxylation sites is 2. The number of benzene rings is 2. The number of rotatable bonds is 1. The van der Waals surface area contributed by atoms with Gasteiger partial charge in [-0.15, -0.1) is 0 Å². The van der Waals surface area contributed by atoms with Crippen LogP contribution in [0.2, 0.25) is 0 Å². The molecule has 0 fully saturated rings. The highest BCUT2D eigenvalue weighted by molar-refractivity contribution is 5.93. The van der Waals surface area contributed by atoms with Crippen LogP contribution in [0.25, 0.3) is 11.0 Å². The summed E-state index contributed by atoms with van der Waals surface area (Å²) >= 11 is 0. The number of nitrogens with zero attached hydrogens (tertiary/aromatic N) is 2. The van der Waals surface area contributed by atoms with Crippen molar-refractivity contribution in [1.82, 2.24) is 9.97 Å². The van der Waals surface area contributed by atoms with Gasteiger partial charge in [0.1, 0.15) is 0 Å². The molecule has 0 aliphatic carbocycles. The molecule has 3 nitrogen and oxygen atoms in total. The fourth-order valence-corrected chi connectivity index (χ4v) is 1.58. The van der Waals surface area contributed by atoms with Gasteiger partial charge in [-0.25, -0.2) is 0 Å². The number of ketones is 1. The van der Waals surface area contributed by atoms with Crippen LogP contribution in [0.4, 0.5) is 0 Å². The number of hydrogen-bond acceptors (Lipinski definition) is 3. The van der Waals surface area contributed by atoms with Crippen molar-refractivity contribution in [2.45, 2.75) is 6.92 Å². The Morgan fingerprint density at radius 2 is 1.26 bits per heavy atom. The molecule has 19 heavy (non-hydrogen) atoms. The number of fused-ring (bicyclic) bond motifs is 1. The molecule has 0 spiro atoms. The molecule has 0 saturated carbocycles. The Morgan fingerprint density at radius 3 is 1.68 bits per heavy atom. The Kier molecular flexibility index (Phi) is 4.34. The minimum Gasteiger partial charge on any atom is -0.295 e. The molecule has 0 bridgehead atoms. The summed E-state index contributed by atoms with van der Waals surface area (Å²) in [5.74, 6) is 0.121. The number of Topliss-reactive ketones (excluding diaryl/α,β-unsaturated/α-hetero) is 1. The van der Waals surface area contributed by atoms with Gasteiger partial charge < -0.3 is 0 Å². The second-order valence-electron chi connectivity index (χ2n) is 3.97. The summed E-state index contributed by atoms with van der Waals surface area (Å²) in [5, 5.41) is 0. The molecule has 3 rings (SSSR count). The Balaban J connectivity index is 0.000000141. The van der Waals surface area contributed by atoms with Crippen molar-refractivity contribution in [3.05, 3.63) is 72.6 Å². The highest BCUT2D eigenvalue weighted by atomic mass is 16.1. The van der Waals surface area contributed by atoms with E-state index in [2.05, 4.69) is 9.97 Å². The van der Waals surface area contributed by atoms with Crippen LogP contribution in [0, 0.1) is 0 Å². The van der Waals surface area contributed by atoms with E-state index in [4.69, 9.17) is 0 Å². The maximum atomic E-state index is 10.6. The van der Waals surface area contributed by atoms with Crippen LogP contribution in [0.1, 0.15) is 17.3 Å². The molecule has 0 atom stereocenters. The van der Waals surface area contributed by atoms with Crippen LogP contribution in [-0.2, 0) is 0 Å². The number of hydrogen-bond donors (Lipinski definition) is 0. The lowest BCUT2D eigenvalue weighted by Gasteiger charge is -1.90. The van der Waals surface area contributed by atoms with Crippen molar-refractivity contribution in [2.24, 2.45) is 0 Å². The quantitative estimate of drug-likeness (QED) is 0.620. The van der Waals surface area contributed by atoms with E-state index < -0.39 is 0 Å². The van der Waals surface area contributed by atoms with Crippen LogP contribution in [0.5, 0.6) is 0 Å². The van der Waals surface area contributed by atoms with E-state index in [1.165, 1.54) is 0 Å². The zero-order chi connectivity index (χ0) is 13.5. The molecule has 1 aromatic heterocycles. The summed E-state index contributed by atoms with van der Waals surface area (Å²) < 4.78 is 0. The minimum atomic E-state index is 0.121. The van der Waals surface area contributed by atoms with Gasteiger partial charge in [-0.2, -0.15) is 0 Å². The lowest BCUT2D eigenvalue weighted by Crippen LogP contribution is -1.88. The van der Waals surface area contributed by atoms with Gasteiger partial charge in [-0.3, -0.25) is 14.8 Å². The van der Waals surface area contributed by atoms with E-state index in [-0.39, 0.29) is 5.78 Å². The third kappa shape index (κ3) is 3.71. The first-order chi connectivity index (χ1) is 9.27. The third-order valence-corrected chi connectivity index (χ3v) is 2.56. The molecule has 0 saturated heterocycles. The van der Waals surface area contributed by atoms with Gasteiger partial charge in [0.05, 0.1) is 11.0 Å². The zero-order valence-corrected chi connectivity index (χ0v) is 10.7. The van der Waals surface area contributed by atoms with Crippen molar-refractivity contribution in [3.63, 3.8) is 0 Å². The van der Waals surface area contributed by atoms with Crippen LogP contribution in [0.15, 0.2) is 67.0 Å². The maximum absolute atomic E-state index is 10.6. The Morgan fingerprint density at radius 1 is 0.789 bits per heavy atom. The molecule has 1 heterocycles. The maximum Gasteiger partial charge on any atom is 0.159 e. The second-order valence-corrected chi connectivity index (χ2v) is 3.97. The molecule has 0 aliphatic heterocycles. The Hall–Kier alpha value is -2.55. The van der Waals surface area contributed by atoms with Crippen LogP contribution >= 0.6 is 0 Å². The minimum absolute atomic E-state index is 0.121. The topological polar surface area (TPSA) is 42.9 Å². The van der Waals surface area contributed by atoms with Gasteiger partial charge in [0.15, 0.2) is 5.78 Å². The lowest BCUT2D eigenvalue weighted by atomic mass is 10.2. The summed E-state index contributed by atoms with van der Waals surface area (Å²) in [6.07, 6.45) is 3.39. The predicted octanol–water partition coefficient (Wildman–Crippen LogP) is 3.52. The predicted molar refractivity (Wildman–Crippen MR) is 76.0 cm³/mol. The van der Waals surface area contributed by atoms with Gasteiger partial charge in [0.2, 0.25) is 0 Å². The average molecular weight is 250 g/mol. The molecule has 0 amide bonds. The molecular formula is C16H14N2O. The standard InChI is InChI=1S/C8H6N2.C8H8O/c1-2-4-8-7(3-1)9-5-6-10-8;1-7(9)8-5-3-2-4-6-8/h1-6H;2-6H,1H3. The highest BCUT2D eigenvalue weighted by Crippen LogP contribution is 2.04. The van der Waals surface area contributed by atoms with Gasteiger partial charge >= 0.3 is 0 Å². The molecule has 0 radical (unpaired) electrons. The second kappa shape index (κ2) is 6.40. The summed E-state index contributed by atoms with van der Waals surface area (Å²) in [6.45, 7) is 1.56. The zero-order valence-electron chi connectivity index (χ0n) is 10.7. The van der Waals surface area contributed by atoms with Gasteiger partial charge in [0.25, 0.3) is 0 Å². The van der Waals surface area contributed by atoms with Crippen molar-refractivity contribution >= 4 is 16.8 Å². The molecule has 0 unspecified atom stereocenters. The van der Waals surface area contributed by atoms with Crippen LogP contribution in [-0.4, -0.2) is 15.8 Å². The third-order valence-electron chi connectivity index (χ3n) is 2.56. The van der Waals surface area contributed by atoms with Crippen molar-refractivity contribution in [2.75, 3.05) is 0 Å².